The van der Waals surface area contributed by atoms with Gasteiger partial charge < -0.3 is 4.42 Å². The zero-order chi connectivity index (χ0) is 11.0. The Labute approximate surface area is 96.0 Å². The van der Waals surface area contributed by atoms with Gasteiger partial charge in [0.25, 0.3) is 0 Å². The van der Waals surface area contributed by atoms with Crippen molar-refractivity contribution >= 4 is 26.9 Å². The number of rotatable bonds is 1. The van der Waals surface area contributed by atoms with Crippen molar-refractivity contribution < 1.29 is 4.42 Å². The number of hydrogen-bond acceptors (Lipinski definition) is 2. The fourth-order valence-corrected chi connectivity index (χ4v) is 2.00. The maximum absolute atomic E-state index is 12.0. The van der Waals surface area contributed by atoms with E-state index in [-0.39, 0.29) is 11.3 Å². The minimum Gasteiger partial charge on any atom is -0.463 e. The van der Waals surface area contributed by atoms with Crippen LogP contribution in [-0.4, -0.2) is 0 Å². The van der Waals surface area contributed by atoms with E-state index in [0.29, 0.717) is 11.0 Å². The highest BCUT2D eigenvalue weighted by atomic mass is 79.9. The molecule has 1 aromatic heterocycles. The van der Waals surface area contributed by atoms with E-state index in [2.05, 4.69) is 15.9 Å². The number of hydrogen-bond donors (Lipinski definition) is 0. The normalized spacial score (nSPS) is 11.2. The van der Waals surface area contributed by atoms with E-state index >= 15 is 0 Å². The van der Waals surface area contributed by atoms with Gasteiger partial charge in [0.1, 0.15) is 0 Å². The van der Waals surface area contributed by atoms with E-state index in [4.69, 9.17) is 4.42 Å². The molecule has 78 valence electrons. The second-order valence-corrected chi connectivity index (χ2v) is 4.65. The zero-order valence-electron chi connectivity index (χ0n) is 8.58. The largest absolute Gasteiger partial charge is 0.463 e. The highest BCUT2D eigenvalue weighted by Crippen LogP contribution is 2.23. The van der Waals surface area contributed by atoms with Gasteiger partial charge in [0.15, 0.2) is 11.0 Å². The van der Waals surface area contributed by atoms with Crippen LogP contribution in [0.25, 0.3) is 11.0 Å². The smallest absolute Gasteiger partial charge is 0.196 e. The molecule has 2 aromatic rings. The van der Waals surface area contributed by atoms with Gasteiger partial charge in [0, 0.05) is 5.56 Å². The van der Waals surface area contributed by atoms with Crippen LogP contribution >= 0.6 is 15.9 Å². The summed E-state index contributed by atoms with van der Waals surface area (Å²) in [6.45, 7) is 3.96. The topological polar surface area (TPSA) is 30.2 Å². The molecule has 0 unspecified atom stereocenters. The van der Waals surface area contributed by atoms with E-state index in [0.717, 1.165) is 10.0 Å². The Balaban J connectivity index is 2.86. The van der Waals surface area contributed by atoms with Crippen molar-refractivity contribution in [3.63, 3.8) is 0 Å². The fourth-order valence-electron chi connectivity index (χ4n) is 1.54. The van der Waals surface area contributed by atoms with Gasteiger partial charge in [-0.2, -0.15) is 0 Å². The fraction of sp³-hybridized carbons (Fsp3) is 0.250. The summed E-state index contributed by atoms with van der Waals surface area (Å²) < 4.78 is 6.28. The molecule has 0 atom stereocenters. The zero-order valence-corrected chi connectivity index (χ0v) is 10.2. The van der Waals surface area contributed by atoms with Gasteiger partial charge in [0.2, 0.25) is 0 Å². The van der Waals surface area contributed by atoms with E-state index in [1.807, 2.05) is 26.0 Å². The van der Waals surface area contributed by atoms with Crippen LogP contribution in [0.3, 0.4) is 0 Å². The Morgan fingerprint density at radius 1 is 1.33 bits per heavy atom. The van der Waals surface area contributed by atoms with Crippen LogP contribution in [0.1, 0.15) is 25.3 Å². The van der Waals surface area contributed by atoms with Crippen LogP contribution in [0.15, 0.2) is 38.1 Å². The Morgan fingerprint density at radius 2 is 2.07 bits per heavy atom. The molecule has 0 aliphatic heterocycles. The summed E-state index contributed by atoms with van der Waals surface area (Å²) >= 11 is 3.36. The van der Waals surface area contributed by atoms with Crippen LogP contribution in [0.2, 0.25) is 0 Å². The van der Waals surface area contributed by atoms with E-state index < -0.39 is 0 Å². The van der Waals surface area contributed by atoms with E-state index in [1.165, 1.54) is 0 Å². The summed E-state index contributed by atoms with van der Waals surface area (Å²) in [6.07, 6.45) is 1.56. The van der Waals surface area contributed by atoms with Gasteiger partial charge >= 0.3 is 0 Å². The molecule has 1 heterocycles. The second-order valence-electron chi connectivity index (χ2n) is 3.79. The van der Waals surface area contributed by atoms with Crippen molar-refractivity contribution in [1.29, 1.82) is 0 Å². The molecule has 15 heavy (non-hydrogen) atoms. The molecule has 3 heteroatoms. The molecule has 0 amide bonds. The Hall–Kier alpha value is -1.09. The number of benzene rings is 1. The maximum Gasteiger partial charge on any atom is 0.196 e. The standard InChI is InChI=1S/C12H11BrO2/c1-7(2)9-6-15-12-8(11(9)14)4-3-5-10(12)13/h3-7H,1-2H3. The first-order valence-electron chi connectivity index (χ1n) is 4.81. The van der Waals surface area contributed by atoms with Crippen molar-refractivity contribution in [1.82, 2.24) is 0 Å². The summed E-state index contributed by atoms with van der Waals surface area (Å²) in [6, 6.07) is 5.49. The van der Waals surface area contributed by atoms with Crippen LogP contribution in [-0.2, 0) is 0 Å². The van der Waals surface area contributed by atoms with Crippen molar-refractivity contribution in [2.24, 2.45) is 0 Å². The highest BCUT2D eigenvalue weighted by molar-refractivity contribution is 9.10. The monoisotopic (exact) mass is 266 g/mol. The third-order valence-electron chi connectivity index (χ3n) is 2.40. The third kappa shape index (κ3) is 1.72. The van der Waals surface area contributed by atoms with Gasteiger partial charge in [-0.05, 0) is 34.0 Å². The minimum absolute atomic E-state index is 0.0625. The molecule has 0 aliphatic rings. The van der Waals surface area contributed by atoms with Crippen molar-refractivity contribution in [3.05, 3.63) is 44.7 Å². The average Bonchev–Trinajstić information content (AvgIpc) is 2.19. The quantitative estimate of drug-likeness (QED) is 0.788. The molecule has 2 nitrogen and oxygen atoms in total. The third-order valence-corrected chi connectivity index (χ3v) is 3.02. The van der Waals surface area contributed by atoms with Crippen LogP contribution in [0.5, 0.6) is 0 Å². The molecule has 0 aliphatic carbocycles. The molecule has 0 bridgehead atoms. The molecule has 0 radical (unpaired) electrons. The van der Waals surface area contributed by atoms with Crippen molar-refractivity contribution in [3.8, 4) is 0 Å². The molecule has 0 saturated heterocycles. The van der Waals surface area contributed by atoms with Crippen LogP contribution in [0, 0.1) is 0 Å². The first-order valence-corrected chi connectivity index (χ1v) is 5.60. The number of para-hydroxylation sites is 1. The predicted molar refractivity (Wildman–Crippen MR) is 64.3 cm³/mol. The lowest BCUT2D eigenvalue weighted by molar-refractivity contribution is 0.584. The van der Waals surface area contributed by atoms with Crippen LogP contribution < -0.4 is 5.43 Å². The lowest BCUT2D eigenvalue weighted by Gasteiger charge is -2.05. The van der Waals surface area contributed by atoms with Crippen LogP contribution in [0.4, 0.5) is 0 Å². The lowest BCUT2D eigenvalue weighted by Crippen LogP contribution is -2.09. The van der Waals surface area contributed by atoms with Crippen molar-refractivity contribution in [2.45, 2.75) is 19.8 Å². The number of fused-ring (bicyclic) bond motifs is 1. The number of halogens is 1. The Bertz CT molecular complexity index is 555. The van der Waals surface area contributed by atoms with Gasteiger partial charge in [-0.1, -0.05) is 19.9 Å². The van der Waals surface area contributed by atoms with E-state index in [1.54, 1.807) is 12.3 Å². The Morgan fingerprint density at radius 3 is 2.73 bits per heavy atom. The molecule has 0 saturated carbocycles. The maximum atomic E-state index is 12.0. The van der Waals surface area contributed by atoms with Gasteiger partial charge in [-0.15, -0.1) is 0 Å². The molecule has 2 rings (SSSR count). The summed E-state index contributed by atoms with van der Waals surface area (Å²) in [7, 11) is 0. The summed E-state index contributed by atoms with van der Waals surface area (Å²) in [5.74, 6) is 0.185. The summed E-state index contributed by atoms with van der Waals surface area (Å²) in [5, 5.41) is 0.635. The molecule has 0 N–H and O–H groups in total. The lowest BCUT2D eigenvalue weighted by atomic mass is 10.0. The first-order chi connectivity index (χ1) is 7.11. The van der Waals surface area contributed by atoms with Gasteiger partial charge in [-0.3, -0.25) is 4.79 Å². The molecule has 0 spiro atoms. The average molecular weight is 267 g/mol. The van der Waals surface area contributed by atoms with E-state index in [9.17, 15) is 4.79 Å². The summed E-state index contributed by atoms with van der Waals surface area (Å²) in [5.41, 5.74) is 1.40. The second kappa shape index (κ2) is 3.81. The minimum atomic E-state index is 0.0625. The molecular weight excluding hydrogens is 256 g/mol. The Kier molecular flexibility index (Phi) is 2.65. The molecule has 1 aromatic carbocycles. The van der Waals surface area contributed by atoms with Crippen molar-refractivity contribution in [2.75, 3.05) is 0 Å². The first kappa shape index (κ1) is 10.4. The van der Waals surface area contributed by atoms with Gasteiger partial charge in [-0.25, -0.2) is 0 Å². The SMILES string of the molecule is CC(C)c1coc2c(Br)cccc2c1=O. The molecular formula is C12H11BrO2. The predicted octanol–water partition coefficient (Wildman–Crippen LogP) is 3.68. The molecule has 0 fully saturated rings. The summed E-state index contributed by atoms with van der Waals surface area (Å²) in [4.78, 5) is 12.0. The highest BCUT2D eigenvalue weighted by Gasteiger charge is 2.10. The van der Waals surface area contributed by atoms with Gasteiger partial charge in [0.05, 0.1) is 16.1 Å².